The molecule has 0 bridgehead atoms. The van der Waals surface area contributed by atoms with Crippen molar-refractivity contribution in [1.29, 1.82) is 0 Å². The van der Waals surface area contributed by atoms with Crippen molar-refractivity contribution >= 4 is 0 Å². The lowest BCUT2D eigenvalue weighted by Crippen LogP contribution is -2.11. The zero-order valence-corrected chi connectivity index (χ0v) is 12.6. The van der Waals surface area contributed by atoms with Crippen LogP contribution in [0.2, 0.25) is 0 Å². The van der Waals surface area contributed by atoms with E-state index >= 15 is 0 Å². The molecule has 1 aromatic carbocycles. The molecular formula is C17H28O2. The van der Waals surface area contributed by atoms with Gasteiger partial charge < -0.3 is 9.84 Å². The van der Waals surface area contributed by atoms with Crippen LogP contribution < -0.4 is 4.74 Å². The lowest BCUT2D eigenvalue weighted by molar-refractivity contribution is 0.173. The number of ether oxygens (including phenoxy) is 1. The third-order valence-electron chi connectivity index (χ3n) is 3.68. The summed E-state index contributed by atoms with van der Waals surface area (Å²) in [6.07, 6.45) is 5.34. The molecule has 0 aromatic heterocycles. The maximum absolute atomic E-state index is 9.73. The molecule has 0 aliphatic carbocycles. The molecule has 0 saturated carbocycles. The highest BCUT2D eigenvalue weighted by Gasteiger charge is 2.08. The van der Waals surface area contributed by atoms with E-state index in [1.165, 1.54) is 25.7 Å². The monoisotopic (exact) mass is 264 g/mol. The first-order valence-electron chi connectivity index (χ1n) is 7.62. The Hall–Kier alpha value is -1.02. The normalized spacial score (nSPS) is 14.1. The van der Waals surface area contributed by atoms with Crippen molar-refractivity contribution in [1.82, 2.24) is 0 Å². The highest BCUT2D eigenvalue weighted by atomic mass is 16.5. The summed E-state index contributed by atoms with van der Waals surface area (Å²) in [5.74, 6) is 1.56. The zero-order valence-electron chi connectivity index (χ0n) is 12.6. The van der Waals surface area contributed by atoms with Crippen LogP contribution in [0.5, 0.6) is 5.75 Å². The van der Waals surface area contributed by atoms with Gasteiger partial charge in [-0.05, 0) is 36.5 Å². The summed E-state index contributed by atoms with van der Waals surface area (Å²) in [6, 6.07) is 7.83. The predicted octanol–water partition coefficient (Wildman–Crippen LogP) is 4.73. The van der Waals surface area contributed by atoms with E-state index in [9.17, 15) is 5.11 Å². The minimum Gasteiger partial charge on any atom is -0.493 e. The van der Waals surface area contributed by atoms with Crippen LogP contribution in [0, 0.1) is 5.92 Å². The smallest absolute Gasteiger partial charge is 0.119 e. The SMILES string of the molecule is CCCCC(CC)COc1ccc([C@@H](O)CC)cc1. The van der Waals surface area contributed by atoms with Crippen molar-refractivity contribution in [2.24, 2.45) is 5.92 Å². The summed E-state index contributed by atoms with van der Waals surface area (Å²) in [6.45, 7) is 7.23. The second-order valence-electron chi connectivity index (χ2n) is 5.22. The number of unbranched alkanes of at least 4 members (excludes halogenated alkanes) is 1. The van der Waals surface area contributed by atoms with E-state index in [2.05, 4.69) is 13.8 Å². The van der Waals surface area contributed by atoms with E-state index in [-0.39, 0.29) is 6.10 Å². The zero-order chi connectivity index (χ0) is 14.1. The van der Waals surface area contributed by atoms with Crippen LogP contribution in [0.15, 0.2) is 24.3 Å². The summed E-state index contributed by atoms with van der Waals surface area (Å²) in [4.78, 5) is 0. The van der Waals surface area contributed by atoms with Crippen molar-refractivity contribution in [2.45, 2.75) is 59.0 Å². The van der Waals surface area contributed by atoms with Crippen LogP contribution in [0.1, 0.15) is 64.5 Å². The third-order valence-corrected chi connectivity index (χ3v) is 3.68. The summed E-state index contributed by atoms with van der Waals surface area (Å²) >= 11 is 0. The summed E-state index contributed by atoms with van der Waals surface area (Å²) < 4.78 is 5.84. The third kappa shape index (κ3) is 5.65. The highest BCUT2D eigenvalue weighted by Crippen LogP contribution is 2.21. The lowest BCUT2D eigenvalue weighted by atomic mass is 10.0. The molecular weight excluding hydrogens is 236 g/mol. The van der Waals surface area contributed by atoms with Gasteiger partial charge in [-0.3, -0.25) is 0 Å². The Morgan fingerprint density at radius 1 is 1.05 bits per heavy atom. The van der Waals surface area contributed by atoms with Crippen LogP contribution in [0.3, 0.4) is 0 Å². The summed E-state index contributed by atoms with van der Waals surface area (Å²) in [7, 11) is 0. The quantitative estimate of drug-likeness (QED) is 0.699. The fourth-order valence-electron chi connectivity index (χ4n) is 2.13. The largest absolute Gasteiger partial charge is 0.493 e. The van der Waals surface area contributed by atoms with E-state index < -0.39 is 0 Å². The van der Waals surface area contributed by atoms with Gasteiger partial charge in [-0.1, -0.05) is 52.2 Å². The first-order chi connectivity index (χ1) is 9.21. The summed E-state index contributed by atoms with van der Waals surface area (Å²) in [5, 5.41) is 9.73. The van der Waals surface area contributed by atoms with Gasteiger partial charge in [-0.2, -0.15) is 0 Å². The number of aliphatic hydroxyl groups is 1. The molecule has 1 N–H and O–H groups in total. The molecule has 0 heterocycles. The predicted molar refractivity (Wildman–Crippen MR) is 80.5 cm³/mol. The van der Waals surface area contributed by atoms with Crippen molar-refractivity contribution in [3.05, 3.63) is 29.8 Å². The fraction of sp³-hybridized carbons (Fsp3) is 0.647. The van der Waals surface area contributed by atoms with Gasteiger partial charge in [0, 0.05) is 0 Å². The molecule has 2 nitrogen and oxygen atoms in total. The Morgan fingerprint density at radius 3 is 2.26 bits per heavy atom. The molecule has 2 atom stereocenters. The van der Waals surface area contributed by atoms with Crippen molar-refractivity contribution in [3.8, 4) is 5.75 Å². The molecule has 1 rings (SSSR count). The van der Waals surface area contributed by atoms with Crippen LogP contribution in [0.25, 0.3) is 0 Å². The number of hydrogen-bond donors (Lipinski definition) is 1. The van der Waals surface area contributed by atoms with E-state index in [4.69, 9.17) is 4.74 Å². The average molecular weight is 264 g/mol. The first kappa shape index (κ1) is 16.0. The van der Waals surface area contributed by atoms with Gasteiger partial charge in [-0.15, -0.1) is 0 Å². The van der Waals surface area contributed by atoms with Crippen molar-refractivity contribution in [2.75, 3.05) is 6.61 Å². The molecule has 0 saturated heterocycles. The Kier molecular flexibility index (Phi) is 7.57. The first-order valence-corrected chi connectivity index (χ1v) is 7.62. The number of aliphatic hydroxyl groups excluding tert-OH is 1. The van der Waals surface area contributed by atoms with E-state index in [1.807, 2.05) is 31.2 Å². The van der Waals surface area contributed by atoms with Gasteiger partial charge >= 0.3 is 0 Å². The van der Waals surface area contributed by atoms with Crippen LogP contribution in [-0.4, -0.2) is 11.7 Å². The average Bonchev–Trinajstić information content (AvgIpc) is 2.47. The fourth-order valence-corrected chi connectivity index (χ4v) is 2.13. The van der Waals surface area contributed by atoms with Gasteiger partial charge in [0.05, 0.1) is 12.7 Å². The van der Waals surface area contributed by atoms with Gasteiger partial charge in [0.1, 0.15) is 5.75 Å². The van der Waals surface area contributed by atoms with Crippen molar-refractivity contribution < 1.29 is 9.84 Å². The van der Waals surface area contributed by atoms with Gasteiger partial charge in [0.25, 0.3) is 0 Å². The van der Waals surface area contributed by atoms with Gasteiger partial charge in [0.15, 0.2) is 0 Å². The van der Waals surface area contributed by atoms with E-state index in [1.54, 1.807) is 0 Å². The topological polar surface area (TPSA) is 29.5 Å². The molecule has 0 aliphatic rings. The molecule has 0 aliphatic heterocycles. The Balaban J connectivity index is 2.44. The van der Waals surface area contributed by atoms with Crippen LogP contribution in [0.4, 0.5) is 0 Å². The number of benzene rings is 1. The maximum atomic E-state index is 9.73. The molecule has 1 aromatic rings. The van der Waals surface area contributed by atoms with E-state index in [0.717, 1.165) is 24.3 Å². The van der Waals surface area contributed by atoms with Gasteiger partial charge in [0.2, 0.25) is 0 Å². The molecule has 0 amide bonds. The Bertz CT molecular complexity index is 332. The molecule has 108 valence electrons. The standard InChI is InChI=1S/C17H28O2/c1-4-7-8-14(5-2)13-19-16-11-9-15(10-12-16)17(18)6-3/h9-12,14,17-18H,4-8,13H2,1-3H3/t14?,17-/m0/s1. The minimum atomic E-state index is -0.359. The van der Waals surface area contributed by atoms with E-state index in [0.29, 0.717) is 5.92 Å². The van der Waals surface area contributed by atoms with Crippen molar-refractivity contribution in [3.63, 3.8) is 0 Å². The van der Waals surface area contributed by atoms with Crippen LogP contribution >= 0.6 is 0 Å². The number of hydrogen-bond acceptors (Lipinski definition) is 2. The Morgan fingerprint density at radius 2 is 1.74 bits per heavy atom. The molecule has 0 spiro atoms. The number of rotatable bonds is 9. The Labute approximate surface area is 117 Å². The molecule has 2 heteroatoms. The molecule has 19 heavy (non-hydrogen) atoms. The highest BCUT2D eigenvalue weighted by molar-refractivity contribution is 5.28. The summed E-state index contributed by atoms with van der Waals surface area (Å²) in [5.41, 5.74) is 0.966. The second kappa shape index (κ2) is 8.98. The second-order valence-corrected chi connectivity index (χ2v) is 5.22. The molecule has 0 fully saturated rings. The van der Waals surface area contributed by atoms with Crippen LogP contribution in [-0.2, 0) is 0 Å². The molecule has 0 radical (unpaired) electrons. The minimum absolute atomic E-state index is 0.359. The molecule has 1 unspecified atom stereocenters. The maximum Gasteiger partial charge on any atom is 0.119 e. The van der Waals surface area contributed by atoms with Gasteiger partial charge in [-0.25, -0.2) is 0 Å². The lowest BCUT2D eigenvalue weighted by Gasteiger charge is -2.16.